The highest BCUT2D eigenvalue weighted by Gasteiger charge is 2.32. The number of unbranched alkanes of at least 4 members (excludes halogenated alkanes) is 2. The van der Waals surface area contributed by atoms with Gasteiger partial charge in [-0.1, -0.05) is 80.5 Å². The van der Waals surface area contributed by atoms with Crippen molar-refractivity contribution in [3.8, 4) is 22.7 Å². The Kier molecular flexibility index (Phi) is 8.65. The molecular formula is C27H28ClN3O2S2. The molecule has 1 fully saturated rings. The maximum atomic E-state index is 13.1. The molecule has 1 saturated heterocycles. The largest absolute Gasteiger partial charge is 0.492 e. The Morgan fingerprint density at radius 3 is 2.63 bits per heavy atom. The first-order valence-electron chi connectivity index (χ1n) is 11.8. The molecule has 0 aliphatic carbocycles. The maximum absolute atomic E-state index is 13.1. The van der Waals surface area contributed by atoms with Crippen LogP contribution >= 0.6 is 35.6 Å². The normalized spacial score (nSPS) is 14.8. The van der Waals surface area contributed by atoms with Crippen LogP contribution in [0.1, 0.15) is 45.1 Å². The number of aromatic nitrogens is 2. The lowest BCUT2D eigenvalue weighted by Gasteiger charge is -2.13. The van der Waals surface area contributed by atoms with Crippen molar-refractivity contribution in [2.24, 2.45) is 0 Å². The van der Waals surface area contributed by atoms with Gasteiger partial charge in [0.25, 0.3) is 5.91 Å². The zero-order valence-electron chi connectivity index (χ0n) is 19.9. The molecule has 0 radical (unpaired) electrons. The number of rotatable bonds is 10. The van der Waals surface area contributed by atoms with Gasteiger partial charge in [-0.2, -0.15) is 5.10 Å². The summed E-state index contributed by atoms with van der Waals surface area (Å²) in [5, 5.41) is 5.38. The fourth-order valence-electron chi connectivity index (χ4n) is 3.76. The lowest BCUT2D eigenvalue weighted by atomic mass is 10.1. The number of thiocarbonyl (C=S) groups is 1. The molecule has 3 aromatic rings. The van der Waals surface area contributed by atoms with Gasteiger partial charge in [0.2, 0.25) is 0 Å². The van der Waals surface area contributed by atoms with E-state index in [9.17, 15) is 4.79 Å². The van der Waals surface area contributed by atoms with Gasteiger partial charge in [-0.3, -0.25) is 9.69 Å². The lowest BCUT2D eigenvalue weighted by Crippen LogP contribution is -2.28. The minimum Gasteiger partial charge on any atom is -0.492 e. The number of ether oxygens (including phenoxy) is 1. The standard InChI is InChI=1S/C27H28ClN3O2S2/c1-3-5-9-14-30-26(32)24(35-27(30)34)17-20-18-31(21-10-7-6-8-11-21)29-25(20)19-12-13-23(22(28)16-19)33-15-4-2/h6-8,10-13,16-18H,3-5,9,14-15H2,1-2H3. The highest BCUT2D eigenvalue weighted by Crippen LogP contribution is 2.36. The van der Waals surface area contributed by atoms with Crippen molar-refractivity contribution in [3.63, 3.8) is 0 Å². The van der Waals surface area contributed by atoms with Crippen LogP contribution in [0.15, 0.2) is 59.6 Å². The average Bonchev–Trinajstić information content (AvgIpc) is 3.40. The van der Waals surface area contributed by atoms with Crippen LogP contribution in [0.3, 0.4) is 0 Å². The highest BCUT2D eigenvalue weighted by molar-refractivity contribution is 8.26. The van der Waals surface area contributed by atoms with E-state index in [1.54, 1.807) is 4.90 Å². The van der Waals surface area contributed by atoms with Crippen molar-refractivity contribution in [1.29, 1.82) is 0 Å². The Bertz CT molecular complexity index is 1240. The molecule has 1 aliphatic rings. The van der Waals surface area contributed by atoms with E-state index in [0.717, 1.165) is 48.2 Å². The second-order valence-electron chi connectivity index (χ2n) is 8.25. The van der Waals surface area contributed by atoms with Crippen molar-refractivity contribution in [1.82, 2.24) is 14.7 Å². The Balaban J connectivity index is 1.71. The summed E-state index contributed by atoms with van der Waals surface area (Å²) >= 11 is 13.4. The molecule has 2 heterocycles. The number of amides is 1. The SMILES string of the molecule is CCCCCN1C(=O)C(=Cc2cn(-c3ccccc3)nc2-c2ccc(OCCC)c(Cl)c2)SC1=S. The predicted octanol–water partition coefficient (Wildman–Crippen LogP) is 7.37. The first-order chi connectivity index (χ1) is 17.0. The highest BCUT2D eigenvalue weighted by atomic mass is 35.5. The third kappa shape index (κ3) is 5.97. The minimum absolute atomic E-state index is 0.0455. The Labute approximate surface area is 221 Å². The fourth-order valence-corrected chi connectivity index (χ4v) is 5.30. The van der Waals surface area contributed by atoms with E-state index >= 15 is 0 Å². The number of thioether (sulfide) groups is 1. The molecule has 0 atom stereocenters. The lowest BCUT2D eigenvalue weighted by molar-refractivity contribution is -0.122. The van der Waals surface area contributed by atoms with Gasteiger partial charge < -0.3 is 4.74 Å². The first-order valence-corrected chi connectivity index (χ1v) is 13.4. The minimum atomic E-state index is -0.0455. The van der Waals surface area contributed by atoms with E-state index in [4.69, 9.17) is 33.7 Å². The van der Waals surface area contributed by atoms with Gasteiger partial charge in [-0.05, 0) is 49.2 Å². The fraction of sp³-hybridized carbons (Fsp3) is 0.296. The number of halogens is 1. The van der Waals surface area contributed by atoms with Crippen LogP contribution in [0.5, 0.6) is 5.75 Å². The zero-order chi connectivity index (χ0) is 24.8. The molecule has 0 spiro atoms. The zero-order valence-corrected chi connectivity index (χ0v) is 22.3. The summed E-state index contributed by atoms with van der Waals surface area (Å²) in [6, 6.07) is 15.5. The predicted molar refractivity (Wildman–Crippen MR) is 149 cm³/mol. The molecular weight excluding hydrogens is 498 g/mol. The van der Waals surface area contributed by atoms with Crippen LogP contribution in [-0.2, 0) is 4.79 Å². The number of hydrogen-bond acceptors (Lipinski definition) is 5. The molecule has 8 heteroatoms. The molecule has 0 unspecified atom stereocenters. The number of carbonyl (C=O) groups is 1. The molecule has 1 aromatic heterocycles. The van der Waals surface area contributed by atoms with Crippen LogP contribution in [0, 0.1) is 0 Å². The smallest absolute Gasteiger partial charge is 0.266 e. The van der Waals surface area contributed by atoms with Crippen LogP contribution in [0.4, 0.5) is 0 Å². The van der Waals surface area contributed by atoms with E-state index in [2.05, 4.69) is 13.8 Å². The van der Waals surface area contributed by atoms with Crippen molar-refractivity contribution in [2.45, 2.75) is 39.5 Å². The van der Waals surface area contributed by atoms with Gasteiger partial charge in [-0.15, -0.1) is 0 Å². The van der Waals surface area contributed by atoms with E-state index in [-0.39, 0.29) is 5.91 Å². The van der Waals surface area contributed by atoms with Crippen LogP contribution < -0.4 is 4.74 Å². The molecule has 1 amide bonds. The summed E-state index contributed by atoms with van der Waals surface area (Å²) in [7, 11) is 0. The second-order valence-corrected chi connectivity index (χ2v) is 10.3. The van der Waals surface area contributed by atoms with Crippen molar-refractivity contribution in [3.05, 3.63) is 70.2 Å². The van der Waals surface area contributed by atoms with Crippen molar-refractivity contribution >= 4 is 51.9 Å². The molecule has 1 aliphatic heterocycles. The number of nitrogens with zero attached hydrogens (tertiary/aromatic N) is 3. The van der Waals surface area contributed by atoms with Crippen LogP contribution in [0.2, 0.25) is 5.02 Å². The molecule has 0 bridgehead atoms. The number of carbonyl (C=O) groups excluding carboxylic acids is 1. The van der Waals surface area contributed by atoms with E-state index in [1.807, 2.05) is 65.5 Å². The summed E-state index contributed by atoms with van der Waals surface area (Å²) in [5.41, 5.74) is 3.32. The molecule has 35 heavy (non-hydrogen) atoms. The number of hydrogen-bond donors (Lipinski definition) is 0. The molecule has 0 N–H and O–H groups in total. The average molecular weight is 526 g/mol. The Morgan fingerprint density at radius 1 is 1.11 bits per heavy atom. The summed E-state index contributed by atoms with van der Waals surface area (Å²) in [6.45, 7) is 5.45. The number of para-hydroxylation sites is 1. The van der Waals surface area contributed by atoms with Crippen LogP contribution in [0.25, 0.3) is 23.0 Å². The number of benzene rings is 2. The van der Waals surface area contributed by atoms with E-state index in [0.29, 0.717) is 33.1 Å². The van der Waals surface area contributed by atoms with E-state index in [1.165, 1.54) is 11.8 Å². The van der Waals surface area contributed by atoms with Gasteiger partial charge in [-0.25, -0.2) is 4.68 Å². The molecule has 0 saturated carbocycles. The topological polar surface area (TPSA) is 47.4 Å². The van der Waals surface area contributed by atoms with Crippen LogP contribution in [-0.4, -0.2) is 38.1 Å². The third-order valence-corrected chi connectivity index (χ3v) is 7.25. The third-order valence-electron chi connectivity index (χ3n) is 5.58. The summed E-state index contributed by atoms with van der Waals surface area (Å²) < 4.78 is 8.15. The van der Waals surface area contributed by atoms with Gasteiger partial charge in [0.1, 0.15) is 15.8 Å². The van der Waals surface area contributed by atoms with Crippen molar-refractivity contribution in [2.75, 3.05) is 13.2 Å². The van der Waals surface area contributed by atoms with E-state index < -0.39 is 0 Å². The summed E-state index contributed by atoms with van der Waals surface area (Å²) in [5.74, 6) is 0.602. The van der Waals surface area contributed by atoms with Gasteiger partial charge in [0.05, 0.1) is 22.2 Å². The Morgan fingerprint density at radius 2 is 1.91 bits per heavy atom. The molecule has 4 rings (SSSR count). The monoisotopic (exact) mass is 525 g/mol. The quantitative estimate of drug-likeness (QED) is 0.157. The molecule has 5 nitrogen and oxygen atoms in total. The maximum Gasteiger partial charge on any atom is 0.266 e. The molecule has 2 aromatic carbocycles. The summed E-state index contributed by atoms with van der Waals surface area (Å²) in [6.07, 6.45) is 7.83. The molecule has 182 valence electrons. The van der Waals surface area contributed by atoms with Gasteiger partial charge in [0, 0.05) is 23.9 Å². The summed E-state index contributed by atoms with van der Waals surface area (Å²) in [4.78, 5) is 15.4. The van der Waals surface area contributed by atoms with Gasteiger partial charge in [0.15, 0.2) is 0 Å². The first kappa shape index (κ1) is 25.5. The van der Waals surface area contributed by atoms with Gasteiger partial charge >= 0.3 is 0 Å². The second kappa shape index (κ2) is 11.9. The Hall–Kier alpha value is -2.61. The van der Waals surface area contributed by atoms with Crippen molar-refractivity contribution < 1.29 is 9.53 Å².